The van der Waals surface area contributed by atoms with Gasteiger partial charge in [-0.25, -0.2) is 0 Å². The lowest BCUT2D eigenvalue weighted by Crippen LogP contribution is -2.30. The molecule has 0 aliphatic carbocycles. The molecule has 0 saturated carbocycles. The topological polar surface area (TPSA) is 41.6 Å². The standard InChI is InChI=1S/C18H17F5N2O2S/c1-25(10-12-6-2-4-8-14(12)27-18(21,22)23)11-16(26)24-13-7-3-5-9-15(13)28-17(19)20/h2-9,17H,10-11H2,1H3,(H,24,26). The Kier molecular flexibility index (Phi) is 7.64. The average molecular weight is 420 g/mol. The highest BCUT2D eigenvalue weighted by atomic mass is 32.2. The lowest BCUT2D eigenvalue weighted by Gasteiger charge is -2.19. The van der Waals surface area contributed by atoms with Crippen molar-refractivity contribution in [3.05, 3.63) is 54.1 Å². The lowest BCUT2D eigenvalue weighted by molar-refractivity contribution is -0.275. The molecular formula is C18H17F5N2O2S. The summed E-state index contributed by atoms with van der Waals surface area (Å²) in [4.78, 5) is 13.9. The van der Waals surface area contributed by atoms with Gasteiger partial charge in [0.2, 0.25) is 5.91 Å². The molecule has 0 aliphatic rings. The maximum absolute atomic E-state index is 12.6. The number of benzene rings is 2. The van der Waals surface area contributed by atoms with Gasteiger partial charge in [-0.2, -0.15) is 8.78 Å². The molecule has 0 aromatic heterocycles. The summed E-state index contributed by atoms with van der Waals surface area (Å²) in [6.45, 7) is -0.138. The van der Waals surface area contributed by atoms with Gasteiger partial charge in [0.25, 0.3) is 5.76 Å². The third kappa shape index (κ3) is 7.35. The molecule has 0 aliphatic heterocycles. The Morgan fingerprint density at radius 1 is 1.14 bits per heavy atom. The molecule has 0 atom stereocenters. The Labute approximate surface area is 162 Å². The zero-order valence-electron chi connectivity index (χ0n) is 14.7. The Morgan fingerprint density at radius 2 is 1.79 bits per heavy atom. The Bertz CT molecular complexity index is 802. The Balaban J connectivity index is 1.99. The Hall–Kier alpha value is -2.33. The van der Waals surface area contributed by atoms with Gasteiger partial charge in [-0.1, -0.05) is 42.1 Å². The number of nitrogens with zero attached hydrogens (tertiary/aromatic N) is 1. The van der Waals surface area contributed by atoms with Crippen LogP contribution in [-0.4, -0.2) is 36.5 Å². The number of para-hydroxylation sites is 2. The molecule has 0 radical (unpaired) electrons. The zero-order valence-corrected chi connectivity index (χ0v) is 15.5. The monoisotopic (exact) mass is 420 g/mol. The van der Waals surface area contributed by atoms with Crippen LogP contribution >= 0.6 is 11.8 Å². The van der Waals surface area contributed by atoms with E-state index in [-0.39, 0.29) is 35.0 Å². The third-order valence-corrected chi connectivity index (χ3v) is 4.22. The fourth-order valence-electron chi connectivity index (χ4n) is 2.41. The van der Waals surface area contributed by atoms with Crippen LogP contribution in [-0.2, 0) is 11.3 Å². The van der Waals surface area contributed by atoms with Gasteiger partial charge >= 0.3 is 6.36 Å². The number of halogens is 5. The van der Waals surface area contributed by atoms with Gasteiger partial charge < -0.3 is 10.1 Å². The number of hydrogen-bond donors (Lipinski definition) is 1. The van der Waals surface area contributed by atoms with E-state index in [0.717, 1.165) is 0 Å². The number of anilines is 1. The fourth-order valence-corrected chi connectivity index (χ4v) is 3.00. The van der Waals surface area contributed by atoms with Gasteiger partial charge in [-0.3, -0.25) is 9.69 Å². The fraction of sp³-hybridized carbons (Fsp3) is 0.278. The predicted octanol–water partition coefficient (Wildman–Crippen LogP) is 4.97. The minimum Gasteiger partial charge on any atom is -0.405 e. The summed E-state index contributed by atoms with van der Waals surface area (Å²) in [6, 6.07) is 11.7. The number of hydrogen-bond acceptors (Lipinski definition) is 4. The summed E-state index contributed by atoms with van der Waals surface area (Å²) < 4.78 is 66.6. The van der Waals surface area contributed by atoms with Crippen molar-refractivity contribution in [2.45, 2.75) is 23.6 Å². The van der Waals surface area contributed by atoms with E-state index in [1.54, 1.807) is 25.2 Å². The van der Waals surface area contributed by atoms with Crippen molar-refractivity contribution in [1.82, 2.24) is 4.90 Å². The largest absolute Gasteiger partial charge is 0.573 e. The van der Waals surface area contributed by atoms with Crippen LogP contribution in [0.15, 0.2) is 53.4 Å². The van der Waals surface area contributed by atoms with E-state index in [4.69, 9.17) is 0 Å². The van der Waals surface area contributed by atoms with E-state index < -0.39 is 18.0 Å². The molecule has 0 spiro atoms. The first-order valence-corrected chi connectivity index (χ1v) is 8.88. The van der Waals surface area contributed by atoms with Crippen molar-refractivity contribution >= 4 is 23.4 Å². The lowest BCUT2D eigenvalue weighted by atomic mass is 10.2. The van der Waals surface area contributed by atoms with Crippen molar-refractivity contribution in [2.24, 2.45) is 0 Å². The van der Waals surface area contributed by atoms with Crippen molar-refractivity contribution < 1.29 is 31.5 Å². The molecule has 4 nitrogen and oxygen atoms in total. The maximum Gasteiger partial charge on any atom is 0.573 e. The van der Waals surface area contributed by atoms with Gasteiger partial charge in [0, 0.05) is 17.0 Å². The summed E-state index contributed by atoms with van der Waals surface area (Å²) in [5, 5.41) is 2.54. The number of alkyl halides is 5. The maximum atomic E-state index is 12.6. The Morgan fingerprint density at radius 3 is 2.46 bits per heavy atom. The number of carbonyl (C=O) groups excluding carboxylic acids is 1. The van der Waals surface area contributed by atoms with Crippen molar-refractivity contribution in [2.75, 3.05) is 18.9 Å². The number of nitrogens with one attached hydrogen (secondary N) is 1. The predicted molar refractivity (Wildman–Crippen MR) is 96.4 cm³/mol. The summed E-state index contributed by atoms with van der Waals surface area (Å²) in [7, 11) is 1.55. The van der Waals surface area contributed by atoms with Crippen LogP contribution in [0.5, 0.6) is 5.75 Å². The van der Waals surface area contributed by atoms with E-state index in [9.17, 15) is 26.7 Å². The molecule has 1 amide bonds. The molecule has 2 aromatic rings. The molecule has 1 N–H and O–H groups in total. The van der Waals surface area contributed by atoms with Crippen LogP contribution in [0.25, 0.3) is 0 Å². The number of rotatable bonds is 8. The highest BCUT2D eigenvalue weighted by Crippen LogP contribution is 2.31. The summed E-state index contributed by atoms with van der Waals surface area (Å²) >= 11 is 0.311. The van der Waals surface area contributed by atoms with E-state index in [0.29, 0.717) is 11.8 Å². The molecule has 0 bridgehead atoms. The second kappa shape index (κ2) is 9.74. The molecule has 28 heavy (non-hydrogen) atoms. The molecule has 0 heterocycles. The highest BCUT2D eigenvalue weighted by Gasteiger charge is 2.32. The average Bonchev–Trinajstić information content (AvgIpc) is 2.56. The number of thioether (sulfide) groups is 1. The first-order chi connectivity index (χ1) is 13.1. The first-order valence-electron chi connectivity index (χ1n) is 8.00. The van der Waals surface area contributed by atoms with E-state index >= 15 is 0 Å². The molecule has 2 aromatic carbocycles. The normalized spacial score (nSPS) is 11.7. The minimum atomic E-state index is -4.82. The molecule has 0 saturated heterocycles. The molecule has 0 fully saturated rings. The highest BCUT2D eigenvalue weighted by molar-refractivity contribution is 7.99. The zero-order chi connectivity index (χ0) is 20.7. The molecular weight excluding hydrogens is 403 g/mol. The van der Waals surface area contributed by atoms with Crippen LogP contribution < -0.4 is 10.1 Å². The first kappa shape index (κ1) is 22.0. The number of amides is 1. The quantitative estimate of drug-likeness (QED) is 0.484. The van der Waals surface area contributed by atoms with Gasteiger partial charge in [0.15, 0.2) is 0 Å². The van der Waals surface area contributed by atoms with E-state index in [2.05, 4.69) is 10.1 Å². The SMILES string of the molecule is CN(CC(=O)Nc1ccccc1SC(F)F)Cc1ccccc1OC(F)(F)F. The van der Waals surface area contributed by atoms with E-state index in [1.165, 1.54) is 35.2 Å². The van der Waals surface area contributed by atoms with Gasteiger partial charge in [-0.05, 0) is 25.2 Å². The number of ether oxygens (including phenoxy) is 1. The molecule has 10 heteroatoms. The molecule has 2 rings (SSSR count). The van der Waals surface area contributed by atoms with Crippen molar-refractivity contribution in [3.8, 4) is 5.75 Å². The third-order valence-electron chi connectivity index (χ3n) is 3.43. The van der Waals surface area contributed by atoms with Gasteiger partial charge in [0.05, 0.1) is 12.2 Å². The number of likely N-dealkylation sites (N-methyl/N-ethyl adjacent to an activating group) is 1. The van der Waals surface area contributed by atoms with Crippen LogP contribution in [0, 0.1) is 0 Å². The van der Waals surface area contributed by atoms with Gasteiger partial charge in [-0.15, -0.1) is 13.2 Å². The van der Waals surface area contributed by atoms with Crippen molar-refractivity contribution in [3.63, 3.8) is 0 Å². The van der Waals surface area contributed by atoms with E-state index in [1.807, 2.05) is 0 Å². The molecule has 0 unspecified atom stereocenters. The van der Waals surface area contributed by atoms with Crippen molar-refractivity contribution in [1.29, 1.82) is 0 Å². The van der Waals surface area contributed by atoms with Crippen LogP contribution in [0.2, 0.25) is 0 Å². The number of carbonyl (C=O) groups is 1. The second-order valence-electron chi connectivity index (χ2n) is 5.75. The van der Waals surface area contributed by atoms with Crippen LogP contribution in [0.1, 0.15) is 5.56 Å². The van der Waals surface area contributed by atoms with Crippen LogP contribution in [0.3, 0.4) is 0 Å². The second-order valence-corrected chi connectivity index (χ2v) is 6.78. The summed E-state index contributed by atoms with van der Waals surface area (Å²) in [5.74, 6) is -3.47. The van der Waals surface area contributed by atoms with Crippen LogP contribution in [0.4, 0.5) is 27.6 Å². The smallest absolute Gasteiger partial charge is 0.405 e. The molecule has 152 valence electrons. The summed E-state index contributed by atoms with van der Waals surface area (Å²) in [5.41, 5.74) is 0.496. The van der Waals surface area contributed by atoms with Gasteiger partial charge in [0.1, 0.15) is 5.75 Å². The summed E-state index contributed by atoms with van der Waals surface area (Å²) in [6.07, 6.45) is -4.82. The minimum absolute atomic E-state index is 0.0209.